The number of nitriles is 2. The zero-order chi connectivity index (χ0) is 21.7. The predicted octanol–water partition coefficient (Wildman–Crippen LogP) is 3.31. The van der Waals surface area contributed by atoms with Crippen molar-refractivity contribution in [3.05, 3.63) is 63.9 Å². The van der Waals surface area contributed by atoms with E-state index in [9.17, 15) is 25.4 Å². The van der Waals surface area contributed by atoms with Crippen molar-refractivity contribution in [3.8, 4) is 23.5 Å². The number of nitrogen functional groups attached to an aromatic ring is 1. The largest absolute Gasteiger partial charge is 0.464 e. The predicted molar refractivity (Wildman–Crippen MR) is 108 cm³/mol. The number of furan rings is 1. The molecule has 11 heteroatoms. The van der Waals surface area contributed by atoms with Gasteiger partial charge in [0, 0.05) is 17.8 Å². The molecule has 0 spiro atoms. The summed E-state index contributed by atoms with van der Waals surface area (Å²) in [5.41, 5.74) is 6.47. The number of anilines is 2. The average molecular weight is 420 g/mol. The van der Waals surface area contributed by atoms with Gasteiger partial charge in [-0.2, -0.15) is 10.5 Å². The Bertz CT molecular complexity index is 1190. The summed E-state index contributed by atoms with van der Waals surface area (Å²) < 4.78 is 5.32. The minimum atomic E-state index is -0.539. The number of carbonyl (C=O) groups is 1. The number of amides is 1. The van der Waals surface area contributed by atoms with Crippen LogP contribution in [-0.4, -0.2) is 21.6 Å². The lowest BCUT2D eigenvalue weighted by Gasteiger charge is -2.11. The van der Waals surface area contributed by atoms with Crippen LogP contribution >= 0.6 is 11.8 Å². The van der Waals surface area contributed by atoms with Gasteiger partial charge in [-0.05, 0) is 24.3 Å². The molecule has 0 fully saturated rings. The number of nitro groups is 1. The minimum absolute atomic E-state index is 0.0150. The number of rotatable bonds is 6. The molecule has 30 heavy (non-hydrogen) atoms. The highest BCUT2D eigenvalue weighted by atomic mass is 32.2. The number of nitro benzene ring substituents is 1. The van der Waals surface area contributed by atoms with Crippen LogP contribution in [0.2, 0.25) is 0 Å². The first-order chi connectivity index (χ1) is 14.4. The molecule has 1 amide bonds. The van der Waals surface area contributed by atoms with E-state index in [2.05, 4.69) is 10.3 Å². The van der Waals surface area contributed by atoms with E-state index < -0.39 is 10.8 Å². The second-order valence-electron chi connectivity index (χ2n) is 5.77. The van der Waals surface area contributed by atoms with Gasteiger partial charge in [0.15, 0.2) is 0 Å². The summed E-state index contributed by atoms with van der Waals surface area (Å²) in [6, 6.07) is 12.5. The smallest absolute Gasteiger partial charge is 0.269 e. The summed E-state index contributed by atoms with van der Waals surface area (Å²) in [5, 5.41) is 32.5. The standard InChI is InChI=1S/C19H12N6O4S/c20-8-13-17(15-2-1-7-29-15)14(9-21)19(24-18(13)22)30-10-16(26)23-11-3-5-12(6-4-11)25(27)28/h1-7H,10H2,(H2,22,24)(H,23,26). The van der Waals surface area contributed by atoms with E-state index in [1.807, 2.05) is 12.1 Å². The molecule has 2 aromatic heterocycles. The molecule has 2 heterocycles. The molecule has 0 aliphatic rings. The van der Waals surface area contributed by atoms with Crippen molar-refractivity contribution in [2.75, 3.05) is 16.8 Å². The summed E-state index contributed by atoms with van der Waals surface area (Å²) >= 11 is 0.967. The first-order valence-electron chi connectivity index (χ1n) is 8.29. The Kier molecular flexibility index (Phi) is 5.96. The van der Waals surface area contributed by atoms with Gasteiger partial charge in [0.05, 0.1) is 28.1 Å². The number of aromatic nitrogens is 1. The Hall–Kier alpha value is -4.35. The van der Waals surface area contributed by atoms with Crippen LogP contribution in [0.25, 0.3) is 11.3 Å². The molecule has 0 radical (unpaired) electrons. The zero-order valence-electron chi connectivity index (χ0n) is 15.2. The lowest BCUT2D eigenvalue weighted by molar-refractivity contribution is -0.384. The van der Waals surface area contributed by atoms with Crippen LogP contribution in [0.3, 0.4) is 0 Å². The number of hydrogen-bond acceptors (Lipinski definition) is 9. The topological polar surface area (TPSA) is 172 Å². The third-order valence-corrected chi connectivity index (χ3v) is 4.86. The second-order valence-corrected chi connectivity index (χ2v) is 6.73. The van der Waals surface area contributed by atoms with Crippen LogP contribution in [0.15, 0.2) is 52.1 Å². The molecule has 10 nitrogen and oxygen atoms in total. The number of benzene rings is 1. The maximum Gasteiger partial charge on any atom is 0.269 e. The van der Waals surface area contributed by atoms with Crippen molar-refractivity contribution >= 4 is 34.9 Å². The Morgan fingerprint density at radius 1 is 1.23 bits per heavy atom. The van der Waals surface area contributed by atoms with Gasteiger partial charge in [-0.1, -0.05) is 11.8 Å². The van der Waals surface area contributed by atoms with E-state index in [0.717, 1.165) is 11.8 Å². The Labute approximate surface area is 174 Å². The van der Waals surface area contributed by atoms with Crippen LogP contribution in [0.4, 0.5) is 17.2 Å². The Balaban J connectivity index is 1.81. The molecular weight excluding hydrogens is 408 g/mol. The van der Waals surface area contributed by atoms with Gasteiger partial charge in [0.2, 0.25) is 5.91 Å². The third-order valence-electron chi connectivity index (χ3n) is 3.89. The molecule has 0 saturated heterocycles. The van der Waals surface area contributed by atoms with Crippen molar-refractivity contribution in [1.29, 1.82) is 10.5 Å². The lowest BCUT2D eigenvalue weighted by atomic mass is 10.0. The second kappa shape index (κ2) is 8.77. The fraction of sp³-hybridized carbons (Fsp3) is 0.0526. The summed E-state index contributed by atoms with van der Waals surface area (Å²) in [4.78, 5) is 26.5. The van der Waals surface area contributed by atoms with Gasteiger partial charge in [-0.25, -0.2) is 4.98 Å². The van der Waals surface area contributed by atoms with Crippen molar-refractivity contribution in [3.63, 3.8) is 0 Å². The van der Waals surface area contributed by atoms with Crippen LogP contribution in [0.1, 0.15) is 11.1 Å². The Morgan fingerprint density at radius 3 is 2.50 bits per heavy atom. The molecular formula is C19H12N6O4S. The molecule has 0 unspecified atom stereocenters. The number of nitrogens with two attached hydrogens (primary N) is 1. The number of carbonyl (C=O) groups excluding carboxylic acids is 1. The fourth-order valence-electron chi connectivity index (χ4n) is 2.57. The zero-order valence-corrected chi connectivity index (χ0v) is 16.0. The highest BCUT2D eigenvalue weighted by molar-refractivity contribution is 8.00. The van der Waals surface area contributed by atoms with E-state index in [4.69, 9.17) is 10.2 Å². The molecule has 148 valence electrons. The van der Waals surface area contributed by atoms with Gasteiger partial charge in [0.1, 0.15) is 34.3 Å². The molecule has 3 N–H and O–H groups in total. The van der Waals surface area contributed by atoms with E-state index in [0.29, 0.717) is 5.69 Å². The summed E-state index contributed by atoms with van der Waals surface area (Å²) in [7, 11) is 0. The van der Waals surface area contributed by atoms with Gasteiger partial charge >= 0.3 is 0 Å². The third kappa shape index (κ3) is 4.22. The molecule has 0 atom stereocenters. The highest BCUT2D eigenvalue weighted by Crippen LogP contribution is 2.35. The first kappa shape index (κ1) is 20.4. The number of thioether (sulfide) groups is 1. The fourth-order valence-corrected chi connectivity index (χ4v) is 3.36. The molecule has 0 aliphatic heterocycles. The summed E-state index contributed by atoms with van der Waals surface area (Å²) in [6.07, 6.45) is 1.40. The van der Waals surface area contributed by atoms with E-state index in [1.54, 1.807) is 12.1 Å². The van der Waals surface area contributed by atoms with Gasteiger partial charge < -0.3 is 15.5 Å². The van der Waals surface area contributed by atoms with Gasteiger partial charge in [-0.15, -0.1) is 0 Å². The number of hydrogen-bond donors (Lipinski definition) is 2. The van der Waals surface area contributed by atoms with Crippen LogP contribution < -0.4 is 11.1 Å². The molecule has 1 aromatic carbocycles. The summed E-state index contributed by atoms with van der Waals surface area (Å²) in [6.45, 7) is 0. The SMILES string of the molecule is N#Cc1c(N)nc(SCC(=O)Nc2ccc([N+](=O)[O-])cc2)c(C#N)c1-c1ccco1. The Morgan fingerprint density at radius 2 is 1.93 bits per heavy atom. The monoisotopic (exact) mass is 420 g/mol. The minimum Gasteiger partial charge on any atom is -0.464 e. The number of nitrogens with zero attached hydrogens (tertiary/aromatic N) is 4. The van der Waals surface area contributed by atoms with Crippen LogP contribution in [0.5, 0.6) is 0 Å². The van der Waals surface area contributed by atoms with Crippen LogP contribution in [0, 0.1) is 32.8 Å². The highest BCUT2D eigenvalue weighted by Gasteiger charge is 2.22. The van der Waals surface area contributed by atoms with Crippen molar-refractivity contribution in [2.24, 2.45) is 0 Å². The van der Waals surface area contributed by atoms with Crippen LogP contribution in [-0.2, 0) is 4.79 Å². The molecule has 3 aromatic rings. The number of pyridine rings is 1. The van der Waals surface area contributed by atoms with E-state index in [1.165, 1.54) is 30.5 Å². The van der Waals surface area contributed by atoms with Gasteiger partial charge in [0.25, 0.3) is 5.69 Å². The molecule has 0 saturated carbocycles. The first-order valence-corrected chi connectivity index (χ1v) is 9.27. The molecule has 3 rings (SSSR count). The molecule has 0 aliphatic carbocycles. The maximum absolute atomic E-state index is 12.2. The van der Waals surface area contributed by atoms with Crippen molar-refractivity contribution in [1.82, 2.24) is 4.98 Å². The van der Waals surface area contributed by atoms with Gasteiger partial charge in [-0.3, -0.25) is 14.9 Å². The van der Waals surface area contributed by atoms with Crippen molar-refractivity contribution in [2.45, 2.75) is 5.03 Å². The normalized spacial score (nSPS) is 10.1. The summed E-state index contributed by atoms with van der Waals surface area (Å²) in [5.74, 6) is -0.320. The number of nitrogens with one attached hydrogen (secondary N) is 1. The quantitative estimate of drug-likeness (QED) is 0.344. The van der Waals surface area contributed by atoms with Crippen molar-refractivity contribution < 1.29 is 14.1 Å². The lowest BCUT2D eigenvalue weighted by Crippen LogP contribution is -2.14. The van der Waals surface area contributed by atoms with E-state index in [-0.39, 0.29) is 44.7 Å². The maximum atomic E-state index is 12.2. The molecule has 0 bridgehead atoms. The van der Waals surface area contributed by atoms with E-state index >= 15 is 0 Å². The average Bonchev–Trinajstić information content (AvgIpc) is 3.26. The number of non-ortho nitro benzene ring substituents is 1.